The van der Waals surface area contributed by atoms with E-state index in [-0.39, 0.29) is 77.5 Å². The lowest BCUT2D eigenvalue weighted by molar-refractivity contribution is -0.145. The van der Waals surface area contributed by atoms with Crippen molar-refractivity contribution in [2.45, 2.75) is 98.4 Å². The first-order chi connectivity index (χ1) is 20.9. The van der Waals surface area contributed by atoms with Crippen molar-refractivity contribution in [3.05, 3.63) is 17.4 Å². The largest absolute Gasteiger partial charge is 0.514 e. The zero-order chi connectivity index (χ0) is 33.2. The summed E-state index contributed by atoms with van der Waals surface area (Å²) in [6.07, 6.45) is 3.44. The highest BCUT2D eigenvalue weighted by atomic mass is 28.4. The smallest absolute Gasteiger partial charge is 0.316 e. The molecular formula is C36H54O8Si. The van der Waals surface area contributed by atoms with Gasteiger partial charge in [-0.1, -0.05) is 13.8 Å². The van der Waals surface area contributed by atoms with Crippen molar-refractivity contribution in [2.75, 3.05) is 14.2 Å². The van der Waals surface area contributed by atoms with Crippen molar-refractivity contribution < 1.29 is 37.8 Å². The number of Topliss-reactive ketones (excluding diaryl/α,β-unsaturated/α-hetero) is 3. The number of rotatable bonds is 10. The van der Waals surface area contributed by atoms with Crippen LogP contribution in [0.2, 0.25) is 19.6 Å². The zero-order valence-corrected chi connectivity index (χ0v) is 29.9. The lowest BCUT2D eigenvalue weighted by atomic mass is 9.57. The van der Waals surface area contributed by atoms with E-state index in [4.69, 9.17) is 18.6 Å². The van der Waals surface area contributed by atoms with Gasteiger partial charge in [-0.15, -0.1) is 0 Å². The van der Waals surface area contributed by atoms with Crippen LogP contribution in [0.1, 0.15) is 73.1 Å². The van der Waals surface area contributed by atoms with Gasteiger partial charge in [0.25, 0.3) is 0 Å². The number of allylic oxidation sites excluding steroid dienone is 1. The Morgan fingerprint density at radius 1 is 0.844 bits per heavy atom. The summed E-state index contributed by atoms with van der Waals surface area (Å²) in [7, 11) is 0.991. The maximum Gasteiger partial charge on any atom is 0.316 e. The summed E-state index contributed by atoms with van der Waals surface area (Å²) >= 11 is 0. The second kappa shape index (κ2) is 12.3. The maximum absolute atomic E-state index is 13.4. The van der Waals surface area contributed by atoms with E-state index >= 15 is 0 Å². The van der Waals surface area contributed by atoms with Gasteiger partial charge in [0.05, 0.1) is 20.6 Å². The number of carbonyl (C=O) groups excluding carboxylic acids is 4. The van der Waals surface area contributed by atoms with Crippen LogP contribution in [0.3, 0.4) is 0 Å². The van der Waals surface area contributed by atoms with Crippen LogP contribution in [-0.2, 0) is 37.8 Å². The van der Waals surface area contributed by atoms with Gasteiger partial charge in [-0.3, -0.25) is 19.2 Å². The monoisotopic (exact) mass is 642 g/mol. The molecule has 5 aliphatic carbocycles. The Morgan fingerprint density at radius 3 is 2.00 bits per heavy atom. The third kappa shape index (κ3) is 6.58. The predicted octanol–water partition coefficient (Wildman–Crippen LogP) is 6.35. The van der Waals surface area contributed by atoms with Crippen LogP contribution in [0, 0.1) is 71.0 Å². The summed E-state index contributed by atoms with van der Waals surface area (Å²) in [5.74, 6) is 2.32. The van der Waals surface area contributed by atoms with E-state index < -0.39 is 19.9 Å². The normalized spacial score (nSPS) is 38.7. The number of fused-ring (bicyclic) bond motifs is 4. The molecule has 12 atom stereocenters. The minimum atomic E-state index is -1.94. The van der Waals surface area contributed by atoms with E-state index in [1.807, 2.05) is 27.7 Å². The number of ether oxygens (including phenoxy) is 3. The summed E-state index contributed by atoms with van der Waals surface area (Å²) in [5.41, 5.74) is 3.00. The molecule has 0 aliphatic heterocycles. The van der Waals surface area contributed by atoms with E-state index in [1.165, 1.54) is 7.11 Å². The Kier molecular flexibility index (Phi) is 9.31. The van der Waals surface area contributed by atoms with Gasteiger partial charge >= 0.3 is 11.9 Å². The minimum absolute atomic E-state index is 0.0308. The van der Waals surface area contributed by atoms with Gasteiger partial charge in [0.2, 0.25) is 8.32 Å². The van der Waals surface area contributed by atoms with Crippen LogP contribution >= 0.6 is 0 Å². The summed E-state index contributed by atoms with van der Waals surface area (Å²) in [4.78, 5) is 51.7. The van der Waals surface area contributed by atoms with Crippen molar-refractivity contribution >= 4 is 31.6 Å². The first-order valence-corrected chi connectivity index (χ1v) is 20.4. The molecule has 4 bridgehead atoms. The Hall–Kier alpha value is -2.38. The molecule has 0 aromatic carbocycles. The van der Waals surface area contributed by atoms with E-state index in [1.54, 1.807) is 7.11 Å². The second-order valence-corrected chi connectivity index (χ2v) is 21.1. The van der Waals surface area contributed by atoms with Crippen LogP contribution in [0.25, 0.3) is 0 Å². The van der Waals surface area contributed by atoms with Crippen LogP contribution in [0.5, 0.6) is 0 Å². The molecular weight excluding hydrogens is 588 g/mol. The lowest BCUT2D eigenvalue weighted by Gasteiger charge is -2.47. The van der Waals surface area contributed by atoms with Gasteiger partial charge in [-0.05, 0) is 113 Å². The fraction of sp³-hybridized carbons (Fsp3) is 0.806. The molecule has 0 radical (unpaired) electrons. The molecule has 0 spiro atoms. The van der Waals surface area contributed by atoms with Gasteiger partial charge in [0.15, 0.2) is 0 Å². The molecule has 5 rings (SSSR count). The van der Waals surface area contributed by atoms with Crippen LogP contribution in [0.4, 0.5) is 0 Å². The van der Waals surface area contributed by atoms with Crippen molar-refractivity contribution in [1.29, 1.82) is 0 Å². The summed E-state index contributed by atoms with van der Waals surface area (Å²) in [6, 6.07) is 0. The first kappa shape index (κ1) is 34.0. The molecule has 5 saturated carbocycles. The van der Waals surface area contributed by atoms with Crippen LogP contribution < -0.4 is 0 Å². The number of methoxy groups -OCH3 is 2. The third-order valence-corrected chi connectivity index (χ3v) is 12.6. The summed E-state index contributed by atoms with van der Waals surface area (Å²) in [6.45, 7) is 16.8. The Bertz CT molecular complexity index is 1280. The molecule has 0 aromatic rings. The molecule has 0 amide bonds. The Morgan fingerprint density at radius 2 is 1.47 bits per heavy atom. The molecule has 0 aromatic heterocycles. The predicted molar refractivity (Wildman–Crippen MR) is 171 cm³/mol. The van der Waals surface area contributed by atoms with Crippen molar-refractivity contribution in [3.8, 4) is 0 Å². The SMILES string of the molecule is COC(=O)CC(=O)C1CC2CC1C(C1C3CC(C(=C=C(OC)O[Si](C)(C)C)OC(C)(C)C)C(C3)C1C)C2C1C(=O)CC(=O)C1C. The van der Waals surface area contributed by atoms with E-state index in [2.05, 4.69) is 32.3 Å². The van der Waals surface area contributed by atoms with Crippen molar-refractivity contribution in [2.24, 2.45) is 71.0 Å². The topological polar surface area (TPSA) is 105 Å². The highest BCUT2D eigenvalue weighted by Gasteiger charge is 2.65. The number of carbonyl (C=O) groups is 4. The third-order valence-electron chi connectivity index (χ3n) is 11.8. The maximum atomic E-state index is 13.4. The van der Waals surface area contributed by atoms with Crippen molar-refractivity contribution in [1.82, 2.24) is 0 Å². The van der Waals surface area contributed by atoms with Gasteiger partial charge < -0.3 is 18.6 Å². The van der Waals surface area contributed by atoms with Gasteiger partial charge in [-0.25, -0.2) is 0 Å². The minimum Gasteiger partial charge on any atom is -0.514 e. The van der Waals surface area contributed by atoms with Crippen LogP contribution in [-0.4, -0.2) is 51.5 Å². The number of hydrogen-bond acceptors (Lipinski definition) is 8. The molecule has 0 heterocycles. The van der Waals surface area contributed by atoms with E-state index in [0.29, 0.717) is 36.0 Å². The van der Waals surface area contributed by atoms with Crippen LogP contribution in [0.15, 0.2) is 17.4 Å². The highest BCUT2D eigenvalue weighted by Crippen LogP contribution is 2.69. The zero-order valence-electron chi connectivity index (χ0n) is 28.9. The number of ketones is 3. The molecule has 0 saturated heterocycles. The fourth-order valence-electron chi connectivity index (χ4n) is 10.4. The van der Waals surface area contributed by atoms with E-state index in [9.17, 15) is 19.2 Å². The van der Waals surface area contributed by atoms with E-state index in [0.717, 1.165) is 25.0 Å². The Labute approximate surface area is 270 Å². The Balaban J connectivity index is 1.48. The average molecular weight is 643 g/mol. The summed E-state index contributed by atoms with van der Waals surface area (Å²) in [5, 5.41) is 0. The molecule has 250 valence electrons. The molecule has 5 aliphatic rings. The number of esters is 1. The van der Waals surface area contributed by atoms with Crippen molar-refractivity contribution in [3.63, 3.8) is 0 Å². The van der Waals surface area contributed by atoms with Gasteiger partial charge in [0, 0.05) is 29.4 Å². The first-order valence-electron chi connectivity index (χ1n) is 17.0. The molecule has 5 fully saturated rings. The molecule has 8 nitrogen and oxygen atoms in total. The van der Waals surface area contributed by atoms with Gasteiger partial charge in [0.1, 0.15) is 35.1 Å². The highest BCUT2D eigenvalue weighted by molar-refractivity contribution is 6.70. The second-order valence-electron chi connectivity index (χ2n) is 16.6. The standard InChI is InChI=1S/C36H54O8Si/c1-18-22-11-20(13-24(22)29(43-36(3,4)5)17-31(42-7)44-45(8,9)10)32(18)35-25-14-21(12-23(25)27(38)16-30(40)41-6)34(35)33-19(2)26(37)15-28(33)39/h18-25,32-35H,11-16H2,1-10H3. The van der Waals surface area contributed by atoms with Gasteiger partial charge in [-0.2, -0.15) is 0 Å². The average Bonchev–Trinajstić information content (AvgIpc) is 3.73. The molecule has 12 unspecified atom stereocenters. The molecule has 45 heavy (non-hydrogen) atoms. The number of hydrogen-bond donors (Lipinski definition) is 0. The molecule has 0 N–H and O–H groups in total. The fourth-order valence-corrected chi connectivity index (χ4v) is 11.1. The summed E-state index contributed by atoms with van der Waals surface area (Å²) < 4.78 is 23.3. The molecule has 9 heteroatoms. The quantitative estimate of drug-likeness (QED) is 0.0893. The lowest BCUT2D eigenvalue weighted by Crippen LogP contribution is -2.46.